The van der Waals surface area contributed by atoms with Gasteiger partial charge in [-0.15, -0.1) is 5.10 Å². The van der Waals surface area contributed by atoms with Gasteiger partial charge in [-0.3, -0.25) is 0 Å². The zero-order valence-electron chi connectivity index (χ0n) is 11.8. The van der Waals surface area contributed by atoms with E-state index in [1.807, 2.05) is 4.68 Å². The number of oxime groups is 1. The summed E-state index contributed by atoms with van der Waals surface area (Å²) in [5.41, 5.74) is 0.332. The van der Waals surface area contributed by atoms with Crippen molar-refractivity contribution in [3.8, 4) is 0 Å². The molecule has 0 saturated heterocycles. The lowest BCUT2D eigenvalue weighted by Crippen LogP contribution is -2.18. The molecule has 0 N–H and O–H groups in total. The minimum atomic E-state index is -0.432. The molecule has 21 heavy (non-hydrogen) atoms. The first-order chi connectivity index (χ1) is 10.3. The average Bonchev–Trinajstić information content (AvgIpc) is 3.22. The van der Waals surface area contributed by atoms with E-state index in [-0.39, 0.29) is 6.10 Å². The molecule has 114 valence electrons. The van der Waals surface area contributed by atoms with E-state index in [1.54, 1.807) is 0 Å². The molecule has 1 aliphatic heterocycles. The summed E-state index contributed by atoms with van der Waals surface area (Å²) >= 11 is 1.54. The zero-order valence-corrected chi connectivity index (χ0v) is 12.6. The fourth-order valence-electron chi connectivity index (χ4n) is 2.58. The van der Waals surface area contributed by atoms with Crippen LogP contribution in [0.4, 0.5) is 0 Å². The van der Waals surface area contributed by atoms with Crippen molar-refractivity contribution in [2.24, 2.45) is 5.16 Å². The number of carbonyl (C=O) groups is 1. The van der Waals surface area contributed by atoms with E-state index < -0.39 is 5.97 Å². The van der Waals surface area contributed by atoms with Crippen LogP contribution in [-0.4, -0.2) is 50.9 Å². The van der Waals surface area contributed by atoms with E-state index in [0.717, 1.165) is 18.0 Å². The Kier molecular flexibility index (Phi) is 4.37. The van der Waals surface area contributed by atoms with Crippen molar-refractivity contribution in [1.82, 2.24) is 20.2 Å². The van der Waals surface area contributed by atoms with Gasteiger partial charge < -0.3 is 9.57 Å². The maximum Gasteiger partial charge on any atom is 0.355 e. The molecular weight excluding hydrogens is 294 g/mol. The van der Waals surface area contributed by atoms with Crippen LogP contribution in [0.25, 0.3) is 0 Å². The molecule has 2 heterocycles. The number of ether oxygens (including phenoxy) is 1. The van der Waals surface area contributed by atoms with E-state index in [1.165, 1.54) is 31.7 Å². The Morgan fingerprint density at radius 1 is 1.48 bits per heavy atom. The molecule has 0 unspecified atom stereocenters. The number of rotatable bonds is 5. The SMILES string of the molecule is COC(=O)C1=NO[C@H](CSc2nnnn2C2CCCC2)C1. The van der Waals surface area contributed by atoms with Gasteiger partial charge in [-0.2, -0.15) is 0 Å². The van der Waals surface area contributed by atoms with Gasteiger partial charge in [0.05, 0.1) is 13.2 Å². The average molecular weight is 311 g/mol. The van der Waals surface area contributed by atoms with Crippen LogP contribution < -0.4 is 0 Å². The van der Waals surface area contributed by atoms with Crippen LogP contribution in [0.3, 0.4) is 0 Å². The van der Waals surface area contributed by atoms with Crippen molar-refractivity contribution in [1.29, 1.82) is 0 Å². The number of methoxy groups -OCH3 is 1. The van der Waals surface area contributed by atoms with Crippen LogP contribution in [0.15, 0.2) is 10.3 Å². The summed E-state index contributed by atoms with van der Waals surface area (Å²) < 4.78 is 6.54. The smallest absolute Gasteiger partial charge is 0.355 e. The van der Waals surface area contributed by atoms with Crippen molar-refractivity contribution in [2.75, 3.05) is 12.9 Å². The van der Waals surface area contributed by atoms with Gasteiger partial charge in [-0.25, -0.2) is 9.48 Å². The molecule has 0 radical (unpaired) electrons. The molecular formula is C12H17N5O3S. The highest BCUT2D eigenvalue weighted by Crippen LogP contribution is 2.32. The lowest BCUT2D eigenvalue weighted by atomic mass is 10.2. The third-order valence-corrected chi connectivity index (χ3v) is 4.75. The Morgan fingerprint density at radius 3 is 3.05 bits per heavy atom. The summed E-state index contributed by atoms with van der Waals surface area (Å²) in [6, 6.07) is 0.411. The Labute approximate surface area is 126 Å². The monoisotopic (exact) mass is 311 g/mol. The highest BCUT2D eigenvalue weighted by Gasteiger charge is 2.28. The number of tetrazole rings is 1. The molecule has 1 atom stereocenters. The minimum absolute atomic E-state index is 0.141. The van der Waals surface area contributed by atoms with E-state index in [2.05, 4.69) is 25.4 Å². The van der Waals surface area contributed by atoms with Crippen LogP contribution in [-0.2, 0) is 14.4 Å². The number of thioether (sulfide) groups is 1. The van der Waals surface area contributed by atoms with E-state index in [9.17, 15) is 4.79 Å². The molecule has 1 aliphatic carbocycles. The normalized spacial score (nSPS) is 22.1. The van der Waals surface area contributed by atoms with Gasteiger partial charge in [0.15, 0.2) is 5.71 Å². The Morgan fingerprint density at radius 2 is 2.29 bits per heavy atom. The fourth-order valence-corrected chi connectivity index (χ4v) is 3.51. The summed E-state index contributed by atoms with van der Waals surface area (Å²) in [4.78, 5) is 16.6. The van der Waals surface area contributed by atoms with E-state index >= 15 is 0 Å². The van der Waals surface area contributed by atoms with Gasteiger partial charge in [0.1, 0.15) is 6.10 Å². The highest BCUT2D eigenvalue weighted by molar-refractivity contribution is 7.99. The number of hydrogen-bond donors (Lipinski definition) is 0. The third-order valence-electron chi connectivity index (χ3n) is 3.69. The first-order valence-corrected chi connectivity index (χ1v) is 7.98. The Hall–Kier alpha value is -1.64. The van der Waals surface area contributed by atoms with Gasteiger partial charge in [-0.1, -0.05) is 29.8 Å². The molecule has 1 aromatic rings. The second kappa shape index (κ2) is 6.42. The molecule has 1 fully saturated rings. The highest BCUT2D eigenvalue weighted by atomic mass is 32.2. The predicted molar refractivity (Wildman–Crippen MR) is 75.0 cm³/mol. The largest absolute Gasteiger partial charge is 0.464 e. The van der Waals surface area contributed by atoms with Gasteiger partial charge in [0.2, 0.25) is 5.16 Å². The second-order valence-corrected chi connectivity index (χ2v) is 6.10. The first-order valence-electron chi connectivity index (χ1n) is 6.99. The molecule has 2 aliphatic rings. The molecule has 0 spiro atoms. The summed E-state index contributed by atoms with van der Waals surface area (Å²) in [5.74, 6) is 0.218. The van der Waals surface area contributed by atoms with Crippen molar-refractivity contribution >= 4 is 23.4 Å². The van der Waals surface area contributed by atoms with Gasteiger partial charge in [-0.05, 0) is 23.3 Å². The van der Waals surface area contributed by atoms with Crippen molar-refractivity contribution < 1.29 is 14.4 Å². The van der Waals surface area contributed by atoms with Crippen LogP contribution in [0, 0.1) is 0 Å². The van der Waals surface area contributed by atoms with Crippen LogP contribution in [0.2, 0.25) is 0 Å². The van der Waals surface area contributed by atoms with E-state index in [0.29, 0.717) is 23.9 Å². The van der Waals surface area contributed by atoms with Crippen molar-refractivity contribution in [2.45, 2.75) is 49.4 Å². The standard InChI is InChI=1S/C12H17N5O3S/c1-19-11(18)10-6-9(20-14-10)7-21-12-13-15-16-17(12)8-4-2-3-5-8/h8-9H,2-7H2,1H3/t9-/m0/s1. The summed E-state index contributed by atoms with van der Waals surface area (Å²) in [6.45, 7) is 0. The van der Waals surface area contributed by atoms with Crippen LogP contribution >= 0.6 is 11.8 Å². The fraction of sp³-hybridized carbons (Fsp3) is 0.750. The second-order valence-electron chi connectivity index (χ2n) is 5.12. The number of hydrogen-bond acceptors (Lipinski definition) is 8. The topological polar surface area (TPSA) is 91.5 Å². The summed E-state index contributed by atoms with van der Waals surface area (Å²) in [7, 11) is 1.34. The molecule has 9 heteroatoms. The maximum atomic E-state index is 11.3. The number of esters is 1. The third kappa shape index (κ3) is 3.17. The Balaban J connectivity index is 1.53. The van der Waals surface area contributed by atoms with Gasteiger partial charge >= 0.3 is 5.97 Å². The van der Waals surface area contributed by atoms with Crippen LogP contribution in [0.1, 0.15) is 38.1 Å². The first kappa shape index (κ1) is 14.3. The molecule has 8 nitrogen and oxygen atoms in total. The number of aromatic nitrogens is 4. The van der Waals surface area contributed by atoms with Gasteiger partial charge in [0.25, 0.3) is 0 Å². The van der Waals surface area contributed by atoms with Gasteiger partial charge in [0, 0.05) is 12.2 Å². The zero-order chi connectivity index (χ0) is 14.7. The van der Waals surface area contributed by atoms with Crippen molar-refractivity contribution in [3.63, 3.8) is 0 Å². The summed E-state index contributed by atoms with van der Waals surface area (Å²) in [5, 5.41) is 16.5. The quantitative estimate of drug-likeness (QED) is 0.596. The molecule has 1 saturated carbocycles. The van der Waals surface area contributed by atoms with E-state index in [4.69, 9.17) is 4.84 Å². The lowest BCUT2D eigenvalue weighted by molar-refractivity contribution is -0.132. The summed E-state index contributed by atoms with van der Waals surface area (Å²) in [6.07, 6.45) is 5.05. The minimum Gasteiger partial charge on any atom is -0.464 e. The lowest BCUT2D eigenvalue weighted by Gasteiger charge is -2.11. The molecule has 0 bridgehead atoms. The number of carbonyl (C=O) groups excluding carboxylic acids is 1. The predicted octanol–water partition coefficient (Wildman–Crippen LogP) is 1.20. The maximum absolute atomic E-state index is 11.3. The number of nitrogens with zero attached hydrogens (tertiary/aromatic N) is 5. The van der Waals surface area contributed by atoms with Crippen LogP contribution in [0.5, 0.6) is 0 Å². The molecule has 3 rings (SSSR count). The van der Waals surface area contributed by atoms with Crippen molar-refractivity contribution in [3.05, 3.63) is 0 Å². The Bertz CT molecular complexity index is 541. The molecule has 1 aromatic heterocycles. The molecule has 0 aromatic carbocycles. The molecule has 0 amide bonds.